The summed E-state index contributed by atoms with van der Waals surface area (Å²) in [6, 6.07) is 13.1. The number of rotatable bonds is 3. The van der Waals surface area contributed by atoms with E-state index in [0.29, 0.717) is 0 Å². The normalized spacial score (nSPS) is 8.38. The van der Waals surface area contributed by atoms with Crippen molar-refractivity contribution in [3.05, 3.63) is 43.0 Å². The van der Waals surface area contributed by atoms with Gasteiger partial charge in [-0.15, -0.1) is 6.58 Å². The lowest BCUT2D eigenvalue weighted by molar-refractivity contribution is 1.13. The Labute approximate surface area is 79.7 Å². The van der Waals surface area contributed by atoms with Gasteiger partial charge in [-0.3, -0.25) is 4.90 Å². The first kappa shape index (κ1) is 9.41. The fourth-order valence-electron chi connectivity index (χ4n) is 1.09. The predicted octanol–water partition coefficient (Wildman–Crippen LogP) is 2.66. The summed E-state index contributed by atoms with van der Waals surface area (Å²) < 4.78 is 0. The van der Waals surface area contributed by atoms with Crippen LogP contribution < -0.4 is 4.90 Å². The summed E-state index contributed by atoms with van der Waals surface area (Å²) in [7, 11) is 0. The van der Waals surface area contributed by atoms with Crippen molar-refractivity contribution in [2.45, 2.75) is 6.92 Å². The lowest BCUT2D eigenvalue weighted by Crippen LogP contribution is -2.15. The highest BCUT2D eigenvalue weighted by molar-refractivity contribution is 5.51. The first-order chi connectivity index (χ1) is 6.38. The molecule has 1 nitrogen and oxygen atoms in total. The van der Waals surface area contributed by atoms with E-state index in [1.807, 2.05) is 48.2 Å². The molecule has 1 aromatic rings. The van der Waals surface area contributed by atoms with Crippen LogP contribution in [0.25, 0.3) is 0 Å². The zero-order valence-corrected chi connectivity index (χ0v) is 7.83. The minimum Gasteiger partial charge on any atom is -0.298 e. The minimum absolute atomic E-state index is 0.755. The number of para-hydroxylation sites is 1. The van der Waals surface area contributed by atoms with Crippen LogP contribution in [0.3, 0.4) is 0 Å². The summed E-state index contributed by atoms with van der Waals surface area (Å²) in [6.07, 6.45) is 1.84. The van der Waals surface area contributed by atoms with Crippen LogP contribution in [-0.4, -0.2) is 6.54 Å². The summed E-state index contributed by atoms with van der Waals surface area (Å²) in [6.45, 7) is 6.29. The van der Waals surface area contributed by atoms with Gasteiger partial charge < -0.3 is 0 Å². The summed E-state index contributed by atoms with van der Waals surface area (Å²) in [5, 5.41) is 0. The number of hydrogen-bond donors (Lipinski definition) is 0. The molecule has 0 aromatic heterocycles. The molecule has 1 aromatic carbocycles. The van der Waals surface area contributed by atoms with E-state index in [1.165, 1.54) is 0 Å². The molecule has 0 radical (unpaired) electrons. The van der Waals surface area contributed by atoms with Crippen molar-refractivity contribution in [1.29, 1.82) is 0 Å². The molecule has 0 saturated carbocycles. The van der Waals surface area contributed by atoms with Crippen LogP contribution in [0.1, 0.15) is 6.92 Å². The van der Waals surface area contributed by atoms with Gasteiger partial charge in [-0.05, 0) is 19.1 Å². The van der Waals surface area contributed by atoms with Crippen LogP contribution >= 0.6 is 0 Å². The molecule has 66 valence electrons. The molecule has 0 aliphatic heterocycles. The number of benzene rings is 1. The SMILES string of the molecule is C=CCN(C#CC)c1ccccc1. The molecule has 1 rings (SSSR count). The Morgan fingerprint density at radius 3 is 2.62 bits per heavy atom. The van der Waals surface area contributed by atoms with Crippen LogP contribution in [0.5, 0.6) is 0 Å². The van der Waals surface area contributed by atoms with Crippen LogP contribution in [-0.2, 0) is 0 Å². The Bertz CT molecular complexity index is 316. The molecule has 1 heteroatoms. The van der Waals surface area contributed by atoms with E-state index in [2.05, 4.69) is 18.5 Å². The van der Waals surface area contributed by atoms with Gasteiger partial charge >= 0.3 is 0 Å². The van der Waals surface area contributed by atoms with Crippen molar-refractivity contribution in [2.75, 3.05) is 11.4 Å². The maximum Gasteiger partial charge on any atom is 0.0493 e. The van der Waals surface area contributed by atoms with Crippen LogP contribution in [0.15, 0.2) is 43.0 Å². The third-order valence-electron chi connectivity index (χ3n) is 1.63. The highest BCUT2D eigenvalue weighted by Crippen LogP contribution is 2.11. The van der Waals surface area contributed by atoms with E-state index in [1.54, 1.807) is 0 Å². The third kappa shape index (κ3) is 2.68. The van der Waals surface area contributed by atoms with E-state index in [-0.39, 0.29) is 0 Å². The van der Waals surface area contributed by atoms with Gasteiger partial charge in [0.15, 0.2) is 0 Å². The number of anilines is 1. The number of nitrogens with zero attached hydrogens (tertiary/aromatic N) is 1. The van der Waals surface area contributed by atoms with Gasteiger partial charge in [-0.25, -0.2) is 0 Å². The average Bonchev–Trinajstić information content (AvgIpc) is 2.19. The molecule has 0 saturated heterocycles. The second kappa shape index (κ2) is 5.05. The van der Waals surface area contributed by atoms with Crippen molar-refractivity contribution in [1.82, 2.24) is 0 Å². The predicted molar refractivity (Wildman–Crippen MR) is 57.4 cm³/mol. The Morgan fingerprint density at radius 2 is 2.08 bits per heavy atom. The fraction of sp³-hybridized carbons (Fsp3) is 0.167. The van der Waals surface area contributed by atoms with Crippen LogP contribution in [0.2, 0.25) is 0 Å². The number of hydrogen-bond acceptors (Lipinski definition) is 1. The lowest BCUT2D eigenvalue weighted by Gasteiger charge is -2.14. The van der Waals surface area contributed by atoms with Gasteiger partial charge in [-0.1, -0.05) is 30.2 Å². The highest BCUT2D eigenvalue weighted by Gasteiger charge is 1.98. The molecular weight excluding hydrogens is 158 g/mol. The monoisotopic (exact) mass is 171 g/mol. The molecule has 0 aliphatic rings. The topological polar surface area (TPSA) is 3.24 Å². The largest absolute Gasteiger partial charge is 0.298 e. The Balaban J connectivity index is 2.86. The van der Waals surface area contributed by atoms with Gasteiger partial charge in [-0.2, -0.15) is 0 Å². The van der Waals surface area contributed by atoms with Crippen molar-refractivity contribution >= 4 is 5.69 Å². The molecule has 0 amide bonds. The van der Waals surface area contributed by atoms with Crippen molar-refractivity contribution in [2.24, 2.45) is 0 Å². The molecule has 0 N–H and O–H groups in total. The standard InChI is InChI=1S/C12H13N/c1-3-10-13(11-4-2)12-8-6-5-7-9-12/h3,5-9H,1,10H2,2H3. The molecular formula is C12H13N. The van der Waals surface area contributed by atoms with Gasteiger partial charge in [0.1, 0.15) is 0 Å². The molecule has 0 fully saturated rings. The Morgan fingerprint density at radius 1 is 1.38 bits per heavy atom. The Hall–Kier alpha value is -1.68. The molecule has 0 unspecified atom stereocenters. The molecule has 13 heavy (non-hydrogen) atoms. The van der Waals surface area contributed by atoms with E-state index < -0.39 is 0 Å². The zero-order chi connectivity index (χ0) is 9.52. The van der Waals surface area contributed by atoms with Crippen LogP contribution in [0, 0.1) is 12.0 Å². The van der Waals surface area contributed by atoms with E-state index in [0.717, 1.165) is 12.2 Å². The van der Waals surface area contributed by atoms with Gasteiger partial charge in [0.25, 0.3) is 0 Å². The van der Waals surface area contributed by atoms with Crippen molar-refractivity contribution in [3.8, 4) is 12.0 Å². The van der Waals surface area contributed by atoms with Crippen molar-refractivity contribution in [3.63, 3.8) is 0 Å². The van der Waals surface area contributed by atoms with Crippen LogP contribution in [0.4, 0.5) is 5.69 Å². The quantitative estimate of drug-likeness (QED) is 0.384. The average molecular weight is 171 g/mol. The first-order valence-electron chi connectivity index (χ1n) is 4.24. The smallest absolute Gasteiger partial charge is 0.0493 e. The molecule has 0 atom stereocenters. The second-order valence-corrected chi connectivity index (χ2v) is 2.60. The molecule has 0 bridgehead atoms. The second-order valence-electron chi connectivity index (χ2n) is 2.60. The zero-order valence-electron chi connectivity index (χ0n) is 7.83. The lowest BCUT2D eigenvalue weighted by atomic mass is 10.3. The molecule has 0 aliphatic carbocycles. The minimum atomic E-state index is 0.755. The maximum atomic E-state index is 3.70. The van der Waals surface area contributed by atoms with Gasteiger partial charge in [0.2, 0.25) is 0 Å². The van der Waals surface area contributed by atoms with Crippen molar-refractivity contribution < 1.29 is 0 Å². The van der Waals surface area contributed by atoms with E-state index >= 15 is 0 Å². The highest BCUT2D eigenvalue weighted by atomic mass is 15.1. The molecule has 0 heterocycles. The molecule has 0 spiro atoms. The van der Waals surface area contributed by atoms with E-state index in [4.69, 9.17) is 0 Å². The van der Waals surface area contributed by atoms with E-state index in [9.17, 15) is 0 Å². The van der Waals surface area contributed by atoms with Gasteiger partial charge in [0.05, 0.1) is 0 Å². The Kier molecular flexibility index (Phi) is 3.66. The maximum absolute atomic E-state index is 3.70. The summed E-state index contributed by atoms with van der Waals surface area (Å²) >= 11 is 0. The summed E-state index contributed by atoms with van der Waals surface area (Å²) in [5.74, 6) is 2.88. The third-order valence-corrected chi connectivity index (χ3v) is 1.63. The fourth-order valence-corrected chi connectivity index (χ4v) is 1.09. The summed E-state index contributed by atoms with van der Waals surface area (Å²) in [4.78, 5) is 1.97. The van der Waals surface area contributed by atoms with Gasteiger partial charge in [0, 0.05) is 18.3 Å². The summed E-state index contributed by atoms with van der Waals surface area (Å²) in [5.41, 5.74) is 1.11. The first-order valence-corrected chi connectivity index (χ1v) is 4.24.